The Morgan fingerprint density at radius 2 is 1.98 bits per heavy atom. The zero-order chi connectivity index (χ0) is 29.2. The number of rotatable bonds is 8. The minimum atomic E-state index is -0.500. The van der Waals surface area contributed by atoms with Gasteiger partial charge in [0.05, 0.1) is 11.6 Å². The maximum atomic E-state index is 13.3. The van der Waals surface area contributed by atoms with E-state index in [1.807, 2.05) is 41.3 Å². The number of thioether (sulfide) groups is 1. The second-order valence-electron chi connectivity index (χ2n) is 10.5. The minimum Gasteiger partial charge on any atom is -0.493 e. The molecule has 1 fully saturated rings. The zero-order valence-electron chi connectivity index (χ0n) is 23.2. The van der Waals surface area contributed by atoms with Crippen LogP contribution in [0.15, 0.2) is 57.3 Å². The van der Waals surface area contributed by atoms with Gasteiger partial charge in [-0.25, -0.2) is 4.68 Å². The quantitative estimate of drug-likeness (QED) is 0.274. The lowest BCUT2D eigenvalue weighted by Crippen LogP contribution is -2.38. The van der Waals surface area contributed by atoms with Gasteiger partial charge >= 0.3 is 0 Å². The number of anilines is 1. The van der Waals surface area contributed by atoms with Crippen molar-refractivity contribution in [3.8, 4) is 11.5 Å². The number of hydrogen-bond acceptors (Lipinski definition) is 8. The van der Waals surface area contributed by atoms with Crippen LogP contribution in [0.5, 0.6) is 11.5 Å². The molecule has 1 amide bonds. The summed E-state index contributed by atoms with van der Waals surface area (Å²) in [6.07, 6.45) is 5.20. The van der Waals surface area contributed by atoms with E-state index in [1.54, 1.807) is 11.8 Å². The Morgan fingerprint density at radius 1 is 1.17 bits per heavy atom. The number of amides is 1. The van der Waals surface area contributed by atoms with Crippen molar-refractivity contribution in [3.05, 3.63) is 68.3 Å². The molecular formula is C30H31BrClN5O4S. The number of aromatic nitrogens is 3. The minimum absolute atomic E-state index is 0.0391. The number of piperidine rings is 1. The molecule has 2 aliphatic heterocycles. The molecule has 6 rings (SSSR count). The van der Waals surface area contributed by atoms with Gasteiger partial charge in [0.1, 0.15) is 6.04 Å². The number of benzene rings is 2. The molecule has 9 nitrogen and oxygen atoms in total. The number of hydrogen-bond donors (Lipinski definition) is 1. The van der Waals surface area contributed by atoms with Gasteiger partial charge in [-0.05, 0) is 77.4 Å². The fraction of sp³-hybridized carbons (Fsp3) is 0.400. The van der Waals surface area contributed by atoms with E-state index < -0.39 is 6.04 Å². The van der Waals surface area contributed by atoms with Crippen LogP contribution >= 0.6 is 39.3 Å². The summed E-state index contributed by atoms with van der Waals surface area (Å²) in [4.78, 5) is 32.7. The molecule has 0 radical (unpaired) electrons. The highest BCUT2D eigenvalue weighted by atomic mass is 79.9. The molecule has 3 aliphatic rings. The maximum Gasteiger partial charge on any atom is 0.260 e. The second kappa shape index (κ2) is 12.7. The number of carbonyl (C=O) groups excluding carboxylic acids is 2. The van der Waals surface area contributed by atoms with E-state index in [0.29, 0.717) is 49.8 Å². The number of likely N-dealkylation sites (tertiary alicyclic amines) is 1. The molecule has 0 bridgehead atoms. The summed E-state index contributed by atoms with van der Waals surface area (Å²) in [5.41, 5.74) is 3.36. The number of methoxy groups -OCH3 is 1. The molecule has 1 unspecified atom stereocenters. The van der Waals surface area contributed by atoms with Crippen molar-refractivity contribution in [2.24, 2.45) is 0 Å². The number of Topliss-reactive ketones (excluding diaryl/α,β-unsaturated/α-hetero) is 1. The summed E-state index contributed by atoms with van der Waals surface area (Å²) >= 11 is 11.5. The lowest BCUT2D eigenvalue weighted by molar-refractivity contribution is -0.134. The Labute approximate surface area is 262 Å². The monoisotopic (exact) mass is 671 g/mol. The van der Waals surface area contributed by atoms with Gasteiger partial charge in [0.15, 0.2) is 23.9 Å². The van der Waals surface area contributed by atoms with Crippen molar-refractivity contribution in [2.45, 2.75) is 55.5 Å². The first-order valence-corrected chi connectivity index (χ1v) is 16.2. The summed E-state index contributed by atoms with van der Waals surface area (Å²) in [5.74, 6) is 2.15. The molecule has 0 spiro atoms. The highest BCUT2D eigenvalue weighted by Crippen LogP contribution is 2.45. The highest BCUT2D eigenvalue weighted by molar-refractivity contribution is 9.10. The Hall–Kier alpha value is -3.02. The second-order valence-corrected chi connectivity index (χ2v) is 12.7. The van der Waals surface area contributed by atoms with Gasteiger partial charge in [0.2, 0.25) is 11.1 Å². The van der Waals surface area contributed by atoms with Gasteiger partial charge in [-0.3, -0.25) is 9.59 Å². The standard InChI is InChI=1S/C30H31BrClN5O4S/c1-40-24-15-19(14-20(31)28(24)41-16-25(39)36-12-5-2-6-13-36)27-26-22(10-7-11-23(26)38)33-29-34-30(35-37(27)29)42-17-18-8-3-4-9-21(18)32/h3-4,8-9,14-15,27H,2,5-7,10-13,16-17H2,1H3,(H,33,34,35). The van der Waals surface area contributed by atoms with Gasteiger partial charge in [0.25, 0.3) is 5.91 Å². The first kappa shape index (κ1) is 29.1. The van der Waals surface area contributed by atoms with Crippen LogP contribution in [0.1, 0.15) is 55.7 Å². The fourth-order valence-corrected chi connectivity index (χ4v) is 7.36. The predicted octanol–water partition coefficient (Wildman–Crippen LogP) is 6.41. The zero-order valence-corrected chi connectivity index (χ0v) is 26.4. The third kappa shape index (κ3) is 5.91. The van der Waals surface area contributed by atoms with Crippen LogP contribution in [0.4, 0.5) is 5.95 Å². The molecule has 1 aromatic heterocycles. The first-order chi connectivity index (χ1) is 20.4. The maximum absolute atomic E-state index is 13.3. The number of carbonyl (C=O) groups is 2. The van der Waals surface area contributed by atoms with E-state index in [4.69, 9.17) is 31.2 Å². The number of nitrogens with one attached hydrogen (secondary N) is 1. The van der Waals surface area contributed by atoms with Crippen molar-refractivity contribution in [1.82, 2.24) is 19.7 Å². The van der Waals surface area contributed by atoms with Gasteiger partial charge in [-0.2, -0.15) is 4.98 Å². The van der Waals surface area contributed by atoms with Gasteiger partial charge in [-0.1, -0.05) is 41.6 Å². The van der Waals surface area contributed by atoms with Crippen molar-refractivity contribution >= 4 is 56.9 Å². The third-order valence-corrected chi connectivity index (χ3v) is 9.62. The lowest BCUT2D eigenvalue weighted by Gasteiger charge is -2.32. The van der Waals surface area contributed by atoms with E-state index in [2.05, 4.69) is 21.2 Å². The Kier molecular flexibility index (Phi) is 8.78. The molecule has 12 heteroatoms. The number of halogens is 2. The van der Waals surface area contributed by atoms with Crippen molar-refractivity contribution in [1.29, 1.82) is 0 Å². The molecule has 42 heavy (non-hydrogen) atoms. The molecule has 2 aromatic carbocycles. The van der Waals surface area contributed by atoms with Gasteiger partial charge < -0.3 is 19.7 Å². The summed E-state index contributed by atoms with van der Waals surface area (Å²) < 4.78 is 14.1. The van der Waals surface area contributed by atoms with Gasteiger partial charge in [-0.15, -0.1) is 5.10 Å². The largest absolute Gasteiger partial charge is 0.493 e. The van der Waals surface area contributed by atoms with E-state index in [0.717, 1.165) is 62.0 Å². The Balaban J connectivity index is 1.31. The van der Waals surface area contributed by atoms with Gasteiger partial charge in [0, 0.05) is 41.6 Å². The van der Waals surface area contributed by atoms with E-state index >= 15 is 0 Å². The summed E-state index contributed by atoms with van der Waals surface area (Å²) in [5, 5.41) is 9.49. The number of ketones is 1. The number of ether oxygens (including phenoxy) is 2. The predicted molar refractivity (Wildman–Crippen MR) is 165 cm³/mol. The van der Waals surface area contributed by atoms with E-state index in [-0.39, 0.29) is 18.3 Å². The molecular weight excluding hydrogens is 642 g/mol. The van der Waals surface area contributed by atoms with Crippen LogP contribution < -0.4 is 14.8 Å². The number of nitrogens with zero attached hydrogens (tertiary/aromatic N) is 4. The third-order valence-electron chi connectivity index (χ3n) is 7.78. The molecule has 1 saturated heterocycles. The smallest absolute Gasteiger partial charge is 0.260 e. The SMILES string of the molecule is COc1cc(C2C3=C(CCCC3=O)Nc3nc(SCc4ccccc4Cl)nn32)cc(Br)c1OCC(=O)N1CCCCC1. The number of fused-ring (bicyclic) bond motifs is 1. The topological polar surface area (TPSA) is 98.6 Å². The molecule has 3 aromatic rings. The number of allylic oxidation sites excluding steroid dienone is 2. The Bertz CT molecular complexity index is 1550. The van der Waals surface area contributed by atoms with E-state index in [9.17, 15) is 9.59 Å². The lowest BCUT2D eigenvalue weighted by atomic mass is 9.85. The van der Waals surface area contributed by atoms with Crippen LogP contribution in [0.3, 0.4) is 0 Å². The molecule has 0 saturated carbocycles. The molecule has 1 aliphatic carbocycles. The molecule has 220 valence electrons. The summed E-state index contributed by atoms with van der Waals surface area (Å²) in [7, 11) is 1.56. The van der Waals surface area contributed by atoms with Crippen molar-refractivity contribution < 1.29 is 19.1 Å². The summed E-state index contributed by atoms with van der Waals surface area (Å²) in [6, 6.07) is 11.0. The Morgan fingerprint density at radius 3 is 2.76 bits per heavy atom. The van der Waals surface area contributed by atoms with Crippen LogP contribution in [0.2, 0.25) is 5.02 Å². The normalized spacial score (nSPS) is 18.3. The van der Waals surface area contributed by atoms with Crippen LogP contribution in [-0.4, -0.2) is 58.2 Å². The van der Waals surface area contributed by atoms with E-state index in [1.165, 1.54) is 11.8 Å². The van der Waals surface area contributed by atoms with Crippen LogP contribution in [0, 0.1) is 0 Å². The highest BCUT2D eigenvalue weighted by Gasteiger charge is 2.37. The molecule has 1 N–H and O–H groups in total. The average molecular weight is 673 g/mol. The van der Waals surface area contributed by atoms with Crippen molar-refractivity contribution in [3.63, 3.8) is 0 Å². The van der Waals surface area contributed by atoms with Crippen LogP contribution in [-0.2, 0) is 15.3 Å². The first-order valence-electron chi connectivity index (χ1n) is 14.1. The molecule has 1 atom stereocenters. The molecule has 3 heterocycles. The van der Waals surface area contributed by atoms with Crippen LogP contribution in [0.25, 0.3) is 0 Å². The summed E-state index contributed by atoms with van der Waals surface area (Å²) in [6.45, 7) is 1.45. The fourth-order valence-electron chi connectivity index (χ4n) is 5.67. The van der Waals surface area contributed by atoms with Crippen molar-refractivity contribution in [2.75, 3.05) is 32.1 Å². The average Bonchev–Trinajstić information content (AvgIpc) is 3.41.